The minimum absolute atomic E-state index is 0.0168. The lowest BCUT2D eigenvalue weighted by Crippen LogP contribution is -2.66. The van der Waals surface area contributed by atoms with Crippen LogP contribution in [0.4, 0.5) is 33.6 Å². The Kier molecular flexibility index (Phi) is 39.7. The molecule has 28 heteroatoms. The van der Waals surface area contributed by atoms with E-state index in [2.05, 4.69) is 131 Å². The molecule has 14 aliphatic heterocycles. The summed E-state index contributed by atoms with van der Waals surface area (Å²) in [6.45, 7) is 93.0. The first-order valence-electron chi connectivity index (χ1n) is 52.6. The first-order chi connectivity index (χ1) is 61.6. The second kappa shape index (κ2) is 46.8. The molecule has 0 aromatic heterocycles. The third-order valence-corrected chi connectivity index (χ3v) is 30.9. The maximum atomic E-state index is 12.5. The number of ether oxygens (including phenoxy) is 7. The Hall–Kier alpha value is -5.39. The predicted octanol–water partition coefficient (Wildman–Crippen LogP) is 19.4. The van der Waals surface area contributed by atoms with Crippen LogP contribution in [-0.2, 0) is 33.2 Å². The molecule has 0 N–H and O–H groups in total. The molecule has 28 nitrogen and oxygen atoms in total. The van der Waals surface area contributed by atoms with Gasteiger partial charge in [-0.25, -0.2) is 33.6 Å². The van der Waals surface area contributed by atoms with Gasteiger partial charge in [-0.3, -0.25) is 4.90 Å². The van der Waals surface area contributed by atoms with Crippen molar-refractivity contribution in [1.29, 1.82) is 0 Å². The fourth-order valence-corrected chi connectivity index (χ4v) is 22.4. The van der Waals surface area contributed by atoms with E-state index in [1.165, 1.54) is 110 Å². The summed E-state index contributed by atoms with van der Waals surface area (Å²) in [5.41, 5.74) is -0.0259. The van der Waals surface area contributed by atoms with Gasteiger partial charge in [0.15, 0.2) is 0 Å². The average Bonchev–Trinajstić information content (AvgIpc) is 1.75. The lowest BCUT2D eigenvalue weighted by molar-refractivity contribution is -0.0720. The van der Waals surface area contributed by atoms with E-state index in [1.54, 1.807) is 0 Å². The molecular formula is C105H196N14O14. The van der Waals surface area contributed by atoms with Gasteiger partial charge in [0.05, 0.1) is 23.8 Å². The van der Waals surface area contributed by atoms with Gasteiger partial charge in [-0.05, 0) is 395 Å². The van der Waals surface area contributed by atoms with Crippen LogP contribution in [0.15, 0.2) is 0 Å². The smallest absolute Gasteiger partial charge is 0.410 e. The molecule has 14 fully saturated rings. The summed E-state index contributed by atoms with van der Waals surface area (Å²) in [6.07, 6.45) is 21.2. The van der Waals surface area contributed by atoms with E-state index in [0.717, 1.165) is 182 Å². The summed E-state index contributed by atoms with van der Waals surface area (Å²) in [4.78, 5) is 116. The van der Waals surface area contributed by atoms with Crippen molar-refractivity contribution in [2.75, 3.05) is 177 Å². The molecule has 3 unspecified atom stereocenters. The second-order valence-electron chi connectivity index (χ2n) is 50.0. The fourth-order valence-electron chi connectivity index (χ4n) is 22.4. The van der Waals surface area contributed by atoms with Crippen molar-refractivity contribution in [3.8, 4) is 0 Å². The molecule has 0 radical (unpaired) electrons. The number of nitrogens with zero attached hydrogens (tertiary/aromatic N) is 14. The lowest BCUT2D eigenvalue weighted by atomic mass is 9.72. The van der Waals surface area contributed by atoms with Crippen LogP contribution in [0, 0.1) is 27.1 Å². The van der Waals surface area contributed by atoms with Crippen LogP contribution < -0.4 is 0 Å². The van der Waals surface area contributed by atoms with Gasteiger partial charge in [-0.15, -0.1) is 0 Å². The summed E-state index contributed by atoms with van der Waals surface area (Å²) in [7, 11) is 0. The van der Waals surface area contributed by atoms with Crippen molar-refractivity contribution in [3.05, 3.63) is 0 Å². The quantitative estimate of drug-likeness (QED) is 0.195. The SMILES string of the molecule is CC(C)N1CCC2(CC1)CCN2C(=O)OC(C)(C)C.CC(C)N1CCC2(CCCCN2C(=O)OC(C)(C)C)C1.CC(C)N1CCC2(CCCN(C(=O)OC(C)(C)C)C2)C1.CC(C)N1CCC2(CCN(C(=O)OC(C)(C)C)C2)C1.CC(C)N1CCC2(CCN(C(=O)OC(C)(C)C)CC2)C1.CC(C)OC(=O)N1CC2(CCN(C(C)C)CC2)C1.CCOC(=O)N1CC2(CCN(C(C)C)CC2)C1. The zero-order valence-electron chi connectivity index (χ0n) is 90.6. The normalized spacial score (nSPS) is 25.8. The monoisotopic (exact) mass is 1880 g/mol. The molecule has 0 bridgehead atoms. The van der Waals surface area contributed by atoms with Crippen LogP contribution in [0.25, 0.3) is 0 Å². The summed E-state index contributed by atoms with van der Waals surface area (Å²) < 4.78 is 37.8. The first kappa shape index (κ1) is 113. The Labute approximate surface area is 808 Å². The van der Waals surface area contributed by atoms with Crippen molar-refractivity contribution in [2.24, 2.45) is 27.1 Å². The summed E-state index contributed by atoms with van der Waals surface area (Å²) >= 11 is 0. The molecule has 0 aromatic carbocycles. The van der Waals surface area contributed by atoms with Gasteiger partial charge in [0.25, 0.3) is 0 Å². The van der Waals surface area contributed by atoms with E-state index in [4.69, 9.17) is 33.2 Å². The van der Waals surface area contributed by atoms with Crippen LogP contribution in [-0.4, -0.2) is 376 Å². The molecule has 14 saturated heterocycles. The van der Waals surface area contributed by atoms with Crippen molar-refractivity contribution in [1.82, 2.24) is 68.6 Å². The molecule has 0 saturated carbocycles. The number of likely N-dealkylation sites (tertiary alicyclic amines) is 14. The highest BCUT2D eigenvalue weighted by Crippen LogP contribution is 2.48. The molecule has 0 aliphatic carbocycles. The Morgan fingerprint density at radius 2 is 0.504 bits per heavy atom. The zero-order chi connectivity index (χ0) is 99.2. The van der Waals surface area contributed by atoms with Crippen LogP contribution in [0.5, 0.6) is 0 Å². The summed E-state index contributed by atoms with van der Waals surface area (Å²) in [6, 6.07) is 4.29. The van der Waals surface area contributed by atoms with Gasteiger partial charge < -0.3 is 96.9 Å². The van der Waals surface area contributed by atoms with Crippen LogP contribution in [0.3, 0.4) is 0 Å². The lowest BCUT2D eigenvalue weighted by Gasteiger charge is -2.56. The molecule has 14 rings (SSSR count). The fraction of sp³-hybridized carbons (Fsp3) is 0.933. The van der Waals surface area contributed by atoms with E-state index in [0.29, 0.717) is 76.0 Å². The second-order valence-corrected chi connectivity index (χ2v) is 50.0. The molecule has 0 aromatic rings. The Bertz CT molecular complexity index is 3640. The van der Waals surface area contributed by atoms with E-state index < -0.39 is 28.0 Å². The number of carbonyl (C=O) groups excluding carboxylic acids is 7. The van der Waals surface area contributed by atoms with Crippen molar-refractivity contribution >= 4 is 42.7 Å². The minimum Gasteiger partial charge on any atom is -0.450 e. The van der Waals surface area contributed by atoms with Gasteiger partial charge in [-0.1, -0.05) is 0 Å². The number of carbonyl (C=O) groups is 7. The topological polar surface area (TPSA) is 229 Å². The Morgan fingerprint density at radius 3 is 0.857 bits per heavy atom. The third-order valence-electron chi connectivity index (χ3n) is 30.9. The molecule has 3 atom stereocenters. The summed E-state index contributed by atoms with van der Waals surface area (Å²) in [5.74, 6) is 0. The molecule has 14 heterocycles. The van der Waals surface area contributed by atoms with Crippen molar-refractivity contribution in [3.63, 3.8) is 0 Å². The zero-order valence-corrected chi connectivity index (χ0v) is 90.6. The number of piperidine rings is 6. The highest BCUT2D eigenvalue weighted by molar-refractivity contribution is 5.72. The van der Waals surface area contributed by atoms with Gasteiger partial charge >= 0.3 is 42.7 Å². The van der Waals surface area contributed by atoms with Crippen molar-refractivity contribution < 1.29 is 66.7 Å². The van der Waals surface area contributed by atoms with Gasteiger partial charge in [0.1, 0.15) is 28.0 Å². The molecule has 770 valence electrons. The number of rotatable bonds is 9. The van der Waals surface area contributed by atoms with Crippen LogP contribution in [0.1, 0.15) is 344 Å². The maximum Gasteiger partial charge on any atom is 0.410 e. The number of amides is 7. The standard InChI is InChI=1S/3C16H30N2O2.2C15H28N2O2.C14H26N2O2.C13H24N2O2/c1-13(2)18-11-8-16(12-18)6-9-17(10-7-16)14(19)20-15(3,4)5;1-13(2)17-10-8-16(11-17)7-6-9-18(12-16)14(19)20-15(3,4)5;1-13(2)17-11-9-16(12-17)8-6-7-10-18(16)14(19)20-15(3,4)5;1-12(2)16-9-6-15(7-10-16)8-11-17(15)13(18)19-14(3,4)5;1-12(2)16-8-6-15(10-16)7-9-17(11-15)13(18)19-14(3,4)5;1-11(2)15-7-5-14(6-8-15)9-16(10-14)13(17)18-12(3)4;1-4-17-12(16)15-9-13(10-15)5-7-14(8-6-13)11(2)3/h3*13H,6-12H2,1-5H3;2*12H,6-11H2,1-5H3;11-12H,5-10H2,1-4H3;11H,4-10H2,1-3H3. The number of hydrogen-bond acceptors (Lipinski definition) is 21. The van der Waals surface area contributed by atoms with Crippen molar-refractivity contribution in [2.45, 2.75) is 431 Å². The Morgan fingerprint density at radius 1 is 0.233 bits per heavy atom. The first-order valence-corrected chi connectivity index (χ1v) is 52.6. The highest BCUT2D eigenvalue weighted by Gasteiger charge is 2.55. The predicted molar refractivity (Wildman–Crippen MR) is 533 cm³/mol. The van der Waals surface area contributed by atoms with Crippen LogP contribution in [0.2, 0.25) is 0 Å². The molecule has 7 amide bonds. The van der Waals surface area contributed by atoms with Gasteiger partial charge in [0, 0.05) is 188 Å². The summed E-state index contributed by atoms with van der Waals surface area (Å²) in [5, 5.41) is 0. The van der Waals surface area contributed by atoms with E-state index in [9.17, 15) is 33.6 Å². The van der Waals surface area contributed by atoms with Crippen LogP contribution >= 0.6 is 0 Å². The van der Waals surface area contributed by atoms with Gasteiger partial charge in [-0.2, -0.15) is 0 Å². The Balaban J connectivity index is 0.000000191. The molecular weight excluding hydrogens is 1680 g/mol. The average molecular weight is 1880 g/mol. The number of hydrogen-bond donors (Lipinski definition) is 0. The maximum absolute atomic E-state index is 12.5. The molecule has 7 spiro atoms. The van der Waals surface area contributed by atoms with E-state index >= 15 is 0 Å². The third kappa shape index (κ3) is 33.1. The molecule has 133 heavy (non-hydrogen) atoms. The highest BCUT2D eigenvalue weighted by atomic mass is 16.6. The molecule has 14 aliphatic rings. The minimum atomic E-state index is -0.411. The van der Waals surface area contributed by atoms with E-state index in [1.807, 2.05) is 159 Å². The van der Waals surface area contributed by atoms with Gasteiger partial charge in [0.2, 0.25) is 0 Å². The largest absolute Gasteiger partial charge is 0.450 e. The van der Waals surface area contributed by atoms with E-state index in [-0.39, 0.29) is 59.8 Å².